The fraction of sp³-hybridized carbons (Fsp3) is 0.217. The zero-order chi connectivity index (χ0) is 24.3. The Balaban J connectivity index is 1.99. The third-order valence-electron chi connectivity index (χ3n) is 4.56. The normalized spacial score (nSPS) is 15.0. The summed E-state index contributed by atoms with van der Waals surface area (Å²) >= 11 is 6.33. The second kappa shape index (κ2) is 9.74. The lowest BCUT2D eigenvalue weighted by Crippen LogP contribution is -2.54. The van der Waals surface area contributed by atoms with Crippen LogP contribution in [-0.4, -0.2) is 44.1 Å². The predicted molar refractivity (Wildman–Crippen MR) is 121 cm³/mol. The van der Waals surface area contributed by atoms with Crippen molar-refractivity contribution in [3.63, 3.8) is 0 Å². The molecule has 0 bridgehead atoms. The van der Waals surface area contributed by atoms with Gasteiger partial charge in [0.25, 0.3) is 11.8 Å². The summed E-state index contributed by atoms with van der Waals surface area (Å²) < 4.78 is 15.6. The van der Waals surface area contributed by atoms with Crippen molar-refractivity contribution < 1.29 is 33.4 Å². The molecule has 9 nitrogen and oxygen atoms in total. The quantitative estimate of drug-likeness (QED) is 0.388. The van der Waals surface area contributed by atoms with E-state index in [-0.39, 0.29) is 28.0 Å². The van der Waals surface area contributed by atoms with E-state index in [4.69, 9.17) is 21.1 Å². The van der Waals surface area contributed by atoms with Gasteiger partial charge in [0.1, 0.15) is 5.57 Å². The van der Waals surface area contributed by atoms with Crippen LogP contribution in [0.3, 0.4) is 0 Å². The highest BCUT2D eigenvalue weighted by Crippen LogP contribution is 2.38. The molecule has 0 atom stereocenters. The molecule has 10 heteroatoms. The molecule has 1 heterocycles. The van der Waals surface area contributed by atoms with Gasteiger partial charge in [-0.05, 0) is 61.9 Å². The highest BCUT2D eigenvalue weighted by Gasteiger charge is 2.37. The summed E-state index contributed by atoms with van der Waals surface area (Å²) in [5.74, 6) is -1.61. The molecule has 0 aromatic heterocycles. The first-order chi connectivity index (χ1) is 15.7. The van der Waals surface area contributed by atoms with E-state index >= 15 is 0 Å². The number of ether oxygens (including phenoxy) is 3. The lowest BCUT2D eigenvalue weighted by atomic mass is 10.1. The smallest absolute Gasteiger partial charge is 0.337 e. The summed E-state index contributed by atoms with van der Waals surface area (Å²) in [4.78, 5) is 50.3. The monoisotopic (exact) mass is 472 g/mol. The van der Waals surface area contributed by atoms with Crippen molar-refractivity contribution in [2.45, 2.75) is 20.0 Å². The van der Waals surface area contributed by atoms with Gasteiger partial charge in [-0.1, -0.05) is 11.6 Å². The Labute approximate surface area is 194 Å². The highest BCUT2D eigenvalue weighted by atomic mass is 35.5. The zero-order valence-electron chi connectivity index (χ0n) is 18.3. The van der Waals surface area contributed by atoms with Crippen molar-refractivity contribution in [2.24, 2.45) is 0 Å². The van der Waals surface area contributed by atoms with E-state index in [1.165, 1.54) is 50.6 Å². The molecule has 0 spiro atoms. The summed E-state index contributed by atoms with van der Waals surface area (Å²) in [6.07, 6.45) is 1.14. The lowest BCUT2D eigenvalue weighted by Gasteiger charge is -2.26. The first kappa shape index (κ1) is 23.8. The molecule has 1 fully saturated rings. The number of urea groups is 1. The maximum atomic E-state index is 13.1. The standard InChI is InChI=1S/C23H21ClN2O7/c1-12(2)33-19-17(24)10-13(11-18(19)31-3)9-16-20(27)25-23(30)26(21(16)28)15-7-5-14(6-8-15)22(29)32-4/h5-12H,1-4H3,(H,25,27,30)/b16-9+. The molecule has 0 aliphatic carbocycles. The number of benzene rings is 2. The van der Waals surface area contributed by atoms with E-state index in [1.807, 2.05) is 13.8 Å². The van der Waals surface area contributed by atoms with Crippen LogP contribution in [0.1, 0.15) is 29.8 Å². The molecule has 0 saturated carbocycles. The fourth-order valence-corrected chi connectivity index (χ4v) is 3.36. The first-order valence-electron chi connectivity index (χ1n) is 9.80. The number of rotatable bonds is 6. The summed E-state index contributed by atoms with van der Waals surface area (Å²) in [6.45, 7) is 3.67. The maximum absolute atomic E-state index is 13.1. The van der Waals surface area contributed by atoms with E-state index in [1.54, 1.807) is 6.07 Å². The number of anilines is 1. The van der Waals surface area contributed by atoms with E-state index < -0.39 is 23.8 Å². The number of nitrogens with zero attached hydrogens (tertiary/aromatic N) is 1. The number of carbonyl (C=O) groups excluding carboxylic acids is 4. The molecule has 1 saturated heterocycles. The summed E-state index contributed by atoms with van der Waals surface area (Å²) in [7, 11) is 2.68. The number of imide groups is 2. The number of methoxy groups -OCH3 is 2. The van der Waals surface area contributed by atoms with Gasteiger partial charge in [-0.2, -0.15) is 0 Å². The molecule has 1 aliphatic rings. The summed E-state index contributed by atoms with van der Waals surface area (Å²) in [5, 5.41) is 2.36. The van der Waals surface area contributed by atoms with Crippen molar-refractivity contribution in [1.82, 2.24) is 5.32 Å². The third-order valence-corrected chi connectivity index (χ3v) is 4.85. The second-order valence-corrected chi connectivity index (χ2v) is 7.60. The van der Waals surface area contributed by atoms with Gasteiger partial charge < -0.3 is 14.2 Å². The van der Waals surface area contributed by atoms with Gasteiger partial charge in [-0.3, -0.25) is 14.9 Å². The van der Waals surface area contributed by atoms with Crippen LogP contribution in [0, 0.1) is 0 Å². The Morgan fingerprint density at radius 2 is 1.76 bits per heavy atom. The molecule has 3 rings (SSSR count). The first-order valence-corrected chi connectivity index (χ1v) is 10.2. The average Bonchev–Trinajstić information content (AvgIpc) is 2.77. The van der Waals surface area contributed by atoms with Crippen LogP contribution >= 0.6 is 11.6 Å². The zero-order valence-corrected chi connectivity index (χ0v) is 19.1. The number of hydrogen-bond acceptors (Lipinski definition) is 7. The number of hydrogen-bond donors (Lipinski definition) is 1. The molecule has 2 aromatic carbocycles. The molecular weight excluding hydrogens is 452 g/mol. The van der Waals surface area contributed by atoms with Crippen molar-refractivity contribution in [1.29, 1.82) is 0 Å². The van der Waals surface area contributed by atoms with Crippen LogP contribution in [0.4, 0.5) is 10.5 Å². The number of halogens is 1. The molecule has 0 unspecified atom stereocenters. The van der Waals surface area contributed by atoms with Crippen molar-refractivity contribution >= 4 is 47.2 Å². The van der Waals surface area contributed by atoms with E-state index in [2.05, 4.69) is 10.1 Å². The minimum atomic E-state index is -0.913. The molecule has 33 heavy (non-hydrogen) atoms. The van der Waals surface area contributed by atoms with E-state index in [9.17, 15) is 19.2 Å². The van der Waals surface area contributed by atoms with Gasteiger partial charge in [0.05, 0.1) is 36.6 Å². The van der Waals surface area contributed by atoms with E-state index in [0.29, 0.717) is 17.1 Å². The van der Waals surface area contributed by atoms with Crippen LogP contribution in [0.25, 0.3) is 6.08 Å². The Morgan fingerprint density at radius 3 is 2.33 bits per heavy atom. The third kappa shape index (κ3) is 4.98. The predicted octanol–water partition coefficient (Wildman–Crippen LogP) is 3.59. The van der Waals surface area contributed by atoms with Gasteiger partial charge in [0, 0.05) is 0 Å². The highest BCUT2D eigenvalue weighted by molar-refractivity contribution is 6.39. The lowest BCUT2D eigenvalue weighted by molar-refractivity contribution is -0.122. The van der Waals surface area contributed by atoms with Gasteiger partial charge in [0.15, 0.2) is 11.5 Å². The van der Waals surface area contributed by atoms with Gasteiger partial charge >= 0.3 is 12.0 Å². The topological polar surface area (TPSA) is 111 Å². The number of barbiturate groups is 1. The second-order valence-electron chi connectivity index (χ2n) is 7.20. The molecule has 4 amide bonds. The van der Waals surface area contributed by atoms with Crippen LogP contribution in [0.5, 0.6) is 11.5 Å². The minimum absolute atomic E-state index is 0.156. The fourth-order valence-electron chi connectivity index (χ4n) is 3.10. The molecule has 1 aliphatic heterocycles. The Kier molecular flexibility index (Phi) is 7.03. The van der Waals surface area contributed by atoms with Crippen LogP contribution in [0.2, 0.25) is 5.02 Å². The summed E-state index contributed by atoms with van der Waals surface area (Å²) in [5.41, 5.74) is 0.507. The van der Waals surface area contributed by atoms with Crippen LogP contribution in [-0.2, 0) is 14.3 Å². The van der Waals surface area contributed by atoms with Crippen molar-refractivity contribution in [3.05, 3.63) is 58.1 Å². The molecule has 2 aromatic rings. The Hall–Kier alpha value is -3.85. The molecular formula is C23H21ClN2O7. The van der Waals surface area contributed by atoms with E-state index in [0.717, 1.165) is 4.90 Å². The Morgan fingerprint density at radius 1 is 1.09 bits per heavy atom. The number of amides is 4. The molecule has 0 radical (unpaired) electrons. The Bertz CT molecular complexity index is 1160. The molecule has 1 N–H and O–H groups in total. The number of carbonyl (C=O) groups is 4. The van der Waals surface area contributed by atoms with Gasteiger partial charge in [-0.15, -0.1) is 0 Å². The summed E-state index contributed by atoms with van der Waals surface area (Å²) in [6, 6.07) is 7.76. The number of nitrogens with one attached hydrogen (secondary N) is 1. The van der Waals surface area contributed by atoms with Gasteiger partial charge in [-0.25, -0.2) is 14.5 Å². The largest absolute Gasteiger partial charge is 0.493 e. The average molecular weight is 473 g/mol. The van der Waals surface area contributed by atoms with Crippen LogP contribution in [0.15, 0.2) is 42.0 Å². The minimum Gasteiger partial charge on any atom is -0.493 e. The van der Waals surface area contributed by atoms with Crippen molar-refractivity contribution in [3.8, 4) is 11.5 Å². The number of esters is 1. The van der Waals surface area contributed by atoms with Gasteiger partial charge in [0.2, 0.25) is 0 Å². The van der Waals surface area contributed by atoms with Crippen molar-refractivity contribution in [2.75, 3.05) is 19.1 Å². The maximum Gasteiger partial charge on any atom is 0.337 e. The molecule has 172 valence electrons. The SMILES string of the molecule is COC(=O)c1ccc(N2C(=O)NC(=O)/C(=C\c3cc(Cl)c(OC(C)C)c(OC)c3)C2=O)cc1. The van der Waals surface area contributed by atoms with Crippen LogP contribution < -0.4 is 19.7 Å².